The lowest BCUT2D eigenvalue weighted by atomic mass is 10.2. The van der Waals surface area contributed by atoms with Crippen LogP contribution in [0.5, 0.6) is 11.5 Å². The fraction of sp³-hybridized carbons (Fsp3) is 0.263. The quantitative estimate of drug-likeness (QED) is 0.684. The van der Waals surface area contributed by atoms with Crippen LogP contribution in [0.15, 0.2) is 54.6 Å². The van der Waals surface area contributed by atoms with E-state index in [2.05, 4.69) is 10.6 Å². The summed E-state index contributed by atoms with van der Waals surface area (Å²) in [6, 6.07) is 16.1. The molecule has 2 N–H and O–H groups in total. The van der Waals surface area contributed by atoms with Gasteiger partial charge in [0.15, 0.2) is 0 Å². The number of para-hydroxylation sites is 1. The third kappa shape index (κ3) is 6.55. The second-order valence-corrected chi connectivity index (χ2v) is 5.15. The van der Waals surface area contributed by atoms with Gasteiger partial charge < -0.3 is 20.1 Å². The lowest BCUT2D eigenvalue weighted by molar-refractivity contribution is -0.120. The van der Waals surface area contributed by atoms with E-state index in [1.54, 1.807) is 24.3 Å². The molecule has 0 atom stereocenters. The largest absolute Gasteiger partial charge is 0.494 e. The summed E-state index contributed by atoms with van der Waals surface area (Å²) >= 11 is 0. The molecule has 2 rings (SSSR count). The standard InChI is InChI=1S/C19H22N2O4/c1-2-24-17-10-8-15(9-11-17)19(23)21-14-18(22)20-12-13-25-16-6-4-3-5-7-16/h3-11H,2,12-14H2,1H3,(H,20,22)(H,21,23). The van der Waals surface area contributed by atoms with Gasteiger partial charge in [0.2, 0.25) is 5.91 Å². The third-order valence-electron chi connectivity index (χ3n) is 3.27. The first-order chi connectivity index (χ1) is 12.2. The van der Waals surface area contributed by atoms with Crippen LogP contribution in [0.3, 0.4) is 0 Å². The maximum atomic E-state index is 12.0. The van der Waals surface area contributed by atoms with Gasteiger partial charge in [0.25, 0.3) is 5.91 Å². The fourth-order valence-electron chi connectivity index (χ4n) is 2.07. The molecule has 0 aliphatic heterocycles. The number of rotatable bonds is 9. The SMILES string of the molecule is CCOc1ccc(C(=O)NCC(=O)NCCOc2ccccc2)cc1. The first kappa shape index (κ1) is 18.3. The summed E-state index contributed by atoms with van der Waals surface area (Å²) in [5, 5.41) is 5.26. The molecule has 2 aromatic rings. The fourth-order valence-corrected chi connectivity index (χ4v) is 2.07. The maximum Gasteiger partial charge on any atom is 0.251 e. The topological polar surface area (TPSA) is 76.7 Å². The zero-order valence-electron chi connectivity index (χ0n) is 14.2. The molecule has 0 aliphatic rings. The van der Waals surface area contributed by atoms with E-state index in [-0.39, 0.29) is 18.4 Å². The van der Waals surface area contributed by atoms with Crippen molar-refractivity contribution < 1.29 is 19.1 Å². The minimum atomic E-state index is -0.307. The highest BCUT2D eigenvalue weighted by atomic mass is 16.5. The first-order valence-electron chi connectivity index (χ1n) is 8.14. The molecule has 2 aromatic carbocycles. The Morgan fingerprint density at radius 2 is 1.56 bits per heavy atom. The molecular formula is C19H22N2O4. The van der Waals surface area contributed by atoms with Crippen molar-refractivity contribution in [3.8, 4) is 11.5 Å². The molecule has 6 heteroatoms. The number of nitrogens with one attached hydrogen (secondary N) is 2. The second-order valence-electron chi connectivity index (χ2n) is 5.15. The summed E-state index contributed by atoms with van der Waals surface area (Å²) in [7, 11) is 0. The monoisotopic (exact) mass is 342 g/mol. The summed E-state index contributed by atoms with van der Waals surface area (Å²) in [5.74, 6) is 0.880. The van der Waals surface area contributed by atoms with Crippen LogP contribution in [0.2, 0.25) is 0 Å². The first-order valence-corrected chi connectivity index (χ1v) is 8.14. The van der Waals surface area contributed by atoms with Crippen molar-refractivity contribution in [1.82, 2.24) is 10.6 Å². The Hall–Kier alpha value is -3.02. The highest BCUT2D eigenvalue weighted by Gasteiger charge is 2.08. The van der Waals surface area contributed by atoms with E-state index in [1.165, 1.54) is 0 Å². The van der Waals surface area contributed by atoms with Gasteiger partial charge in [-0.05, 0) is 43.3 Å². The molecule has 0 bridgehead atoms. The summed E-state index contributed by atoms with van der Waals surface area (Å²) in [6.07, 6.45) is 0. The molecule has 0 fully saturated rings. The van der Waals surface area contributed by atoms with Crippen LogP contribution in [0.1, 0.15) is 17.3 Å². The summed E-state index contributed by atoms with van der Waals surface area (Å²) < 4.78 is 10.8. The predicted octanol–water partition coefficient (Wildman–Crippen LogP) is 2.01. The van der Waals surface area contributed by atoms with Gasteiger partial charge in [0.05, 0.1) is 19.7 Å². The van der Waals surface area contributed by atoms with Gasteiger partial charge in [-0.2, -0.15) is 0 Å². The number of hydrogen-bond donors (Lipinski definition) is 2. The number of benzene rings is 2. The van der Waals surface area contributed by atoms with Gasteiger partial charge in [0.1, 0.15) is 18.1 Å². The van der Waals surface area contributed by atoms with Crippen molar-refractivity contribution in [3.05, 3.63) is 60.2 Å². The molecule has 6 nitrogen and oxygen atoms in total. The van der Waals surface area contributed by atoms with E-state index in [4.69, 9.17) is 9.47 Å². The predicted molar refractivity (Wildman–Crippen MR) is 94.9 cm³/mol. The Morgan fingerprint density at radius 1 is 0.880 bits per heavy atom. The average molecular weight is 342 g/mol. The Morgan fingerprint density at radius 3 is 2.24 bits per heavy atom. The Bertz CT molecular complexity index is 672. The molecule has 0 radical (unpaired) electrons. The molecule has 0 heterocycles. The van der Waals surface area contributed by atoms with Gasteiger partial charge in [-0.25, -0.2) is 0 Å². The van der Waals surface area contributed by atoms with Crippen molar-refractivity contribution in [1.29, 1.82) is 0 Å². The Kier molecular flexibility index (Phi) is 7.31. The molecule has 0 saturated heterocycles. The molecule has 0 aliphatic carbocycles. The summed E-state index contributed by atoms with van der Waals surface area (Å²) in [6.45, 7) is 3.11. The number of carbonyl (C=O) groups is 2. The normalized spacial score (nSPS) is 9.96. The molecule has 0 aromatic heterocycles. The van der Waals surface area contributed by atoms with E-state index in [1.807, 2.05) is 37.3 Å². The van der Waals surface area contributed by atoms with Gasteiger partial charge in [-0.3, -0.25) is 9.59 Å². The van der Waals surface area contributed by atoms with Gasteiger partial charge in [-0.1, -0.05) is 18.2 Å². The number of carbonyl (C=O) groups excluding carboxylic acids is 2. The Labute approximate surface area is 147 Å². The second kappa shape index (κ2) is 9.97. The smallest absolute Gasteiger partial charge is 0.251 e. The number of ether oxygens (including phenoxy) is 2. The van der Waals surface area contributed by atoms with Crippen molar-refractivity contribution in [2.45, 2.75) is 6.92 Å². The zero-order valence-corrected chi connectivity index (χ0v) is 14.2. The number of hydrogen-bond acceptors (Lipinski definition) is 4. The highest BCUT2D eigenvalue weighted by Crippen LogP contribution is 2.11. The molecule has 2 amide bonds. The minimum absolute atomic E-state index is 0.0859. The van der Waals surface area contributed by atoms with Crippen molar-refractivity contribution in [3.63, 3.8) is 0 Å². The van der Waals surface area contributed by atoms with Crippen LogP contribution in [-0.4, -0.2) is 38.1 Å². The molecule has 25 heavy (non-hydrogen) atoms. The van der Waals surface area contributed by atoms with Gasteiger partial charge in [0, 0.05) is 5.56 Å². The molecule has 132 valence electrons. The minimum Gasteiger partial charge on any atom is -0.494 e. The van der Waals surface area contributed by atoms with E-state index >= 15 is 0 Å². The van der Waals surface area contributed by atoms with Crippen LogP contribution in [-0.2, 0) is 4.79 Å². The molecule has 0 unspecified atom stereocenters. The highest BCUT2D eigenvalue weighted by molar-refractivity contribution is 5.96. The lowest BCUT2D eigenvalue weighted by Gasteiger charge is -2.09. The maximum absolute atomic E-state index is 12.0. The van der Waals surface area contributed by atoms with Gasteiger partial charge in [-0.15, -0.1) is 0 Å². The van der Waals surface area contributed by atoms with E-state index in [9.17, 15) is 9.59 Å². The molecule has 0 saturated carbocycles. The van der Waals surface area contributed by atoms with Crippen LogP contribution < -0.4 is 20.1 Å². The van der Waals surface area contributed by atoms with Crippen LogP contribution in [0, 0.1) is 0 Å². The zero-order chi connectivity index (χ0) is 17.9. The molecular weight excluding hydrogens is 320 g/mol. The van der Waals surface area contributed by atoms with E-state index < -0.39 is 0 Å². The number of amides is 2. The van der Waals surface area contributed by atoms with Crippen molar-refractivity contribution >= 4 is 11.8 Å². The van der Waals surface area contributed by atoms with Crippen LogP contribution in [0.25, 0.3) is 0 Å². The van der Waals surface area contributed by atoms with Crippen LogP contribution >= 0.6 is 0 Å². The van der Waals surface area contributed by atoms with Gasteiger partial charge >= 0.3 is 0 Å². The van der Waals surface area contributed by atoms with Crippen molar-refractivity contribution in [2.24, 2.45) is 0 Å². The van der Waals surface area contributed by atoms with Crippen molar-refractivity contribution in [2.75, 3.05) is 26.3 Å². The Balaban J connectivity index is 1.64. The lowest BCUT2D eigenvalue weighted by Crippen LogP contribution is -2.38. The van der Waals surface area contributed by atoms with E-state index in [0.29, 0.717) is 31.1 Å². The third-order valence-corrected chi connectivity index (χ3v) is 3.27. The van der Waals surface area contributed by atoms with Crippen LogP contribution in [0.4, 0.5) is 0 Å². The molecule has 0 spiro atoms. The summed E-state index contributed by atoms with van der Waals surface area (Å²) in [5.41, 5.74) is 0.476. The summed E-state index contributed by atoms with van der Waals surface area (Å²) in [4.78, 5) is 23.7. The van der Waals surface area contributed by atoms with E-state index in [0.717, 1.165) is 5.75 Å². The average Bonchev–Trinajstić information content (AvgIpc) is 2.65.